The van der Waals surface area contributed by atoms with E-state index in [1.54, 1.807) is 6.92 Å². The lowest BCUT2D eigenvalue weighted by molar-refractivity contribution is -0.536. The highest BCUT2D eigenvalue weighted by molar-refractivity contribution is 6.13. The van der Waals surface area contributed by atoms with Crippen molar-refractivity contribution in [3.05, 3.63) is 0 Å². The second kappa shape index (κ2) is 1.74. The number of hydrogen-bond acceptors (Lipinski definition) is 2. The highest BCUT2D eigenvalue weighted by atomic mass is 16.3. The fraction of sp³-hybridized carbons (Fsp3) is 1.00. The minimum absolute atomic E-state index is 0.259. The molecule has 1 aliphatic rings. The first kappa shape index (κ1) is 6.11. The van der Waals surface area contributed by atoms with Crippen molar-refractivity contribution in [2.45, 2.75) is 24.9 Å². The molecule has 1 aliphatic carbocycles. The first-order chi connectivity index (χ1) is 3.64. The van der Waals surface area contributed by atoms with Crippen LogP contribution in [0.1, 0.15) is 6.92 Å². The van der Waals surface area contributed by atoms with Crippen LogP contribution >= 0.6 is 0 Å². The third-order valence-corrected chi connectivity index (χ3v) is 1.80. The zero-order valence-corrected chi connectivity index (χ0v) is 4.70. The lowest BCUT2D eigenvalue weighted by atomic mass is 9.60. The van der Waals surface area contributed by atoms with Crippen molar-refractivity contribution in [2.75, 3.05) is 0 Å². The second-order valence-electron chi connectivity index (χ2n) is 2.37. The van der Waals surface area contributed by atoms with Gasteiger partial charge in [-0.25, -0.2) is 0 Å². The van der Waals surface area contributed by atoms with Crippen LogP contribution in [0.15, 0.2) is 0 Å². The zero-order valence-electron chi connectivity index (χ0n) is 4.70. The van der Waals surface area contributed by atoms with Crippen LogP contribution < -0.4 is 10.2 Å². The summed E-state index contributed by atoms with van der Waals surface area (Å²) in [6.07, 6.45) is -1.62. The van der Waals surface area contributed by atoms with E-state index in [9.17, 15) is 10.2 Å². The Balaban J connectivity index is 2.42. The van der Waals surface area contributed by atoms with Crippen molar-refractivity contribution in [3.8, 4) is 0 Å². The molecular weight excluding hydrogens is 103 g/mol. The Kier molecular flexibility index (Phi) is 1.33. The maximum absolute atomic E-state index is 10.5. The highest BCUT2D eigenvalue weighted by Crippen LogP contribution is 2.32. The summed E-state index contributed by atoms with van der Waals surface area (Å²) in [5.41, 5.74) is 0. The molecule has 2 nitrogen and oxygen atoms in total. The topological polar surface area (TPSA) is 46.1 Å². The van der Waals surface area contributed by atoms with Crippen molar-refractivity contribution in [1.29, 1.82) is 0 Å². The van der Waals surface area contributed by atoms with Crippen LogP contribution in [0.25, 0.3) is 0 Å². The SMILES string of the molecule is [B]C1C([O-])C(C)C1[O-]. The Morgan fingerprint density at radius 1 is 1.25 bits per heavy atom. The Morgan fingerprint density at radius 3 is 1.75 bits per heavy atom. The summed E-state index contributed by atoms with van der Waals surface area (Å²) in [7, 11) is 5.13. The smallest absolute Gasteiger partial charge is 0.0670 e. The second-order valence-corrected chi connectivity index (χ2v) is 2.37. The average Bonchev–Trinajstić information content (AvgIpc) is 1.83. The molecule has 3 heteroatoms. The maximum atomic E-state index is 10.5. The molecule has 2 unspecified atom stereocenters. The number of rotatable bonds is 0. The van der Waals surface area contributed by atoms with Crippen LogP contribution in [0.2, 0.25) is 5.82 Å². The average molecular weight is 110 g/mol. The fourth-order valence-corrected chi connectivity index (χ4v) is 0.929. The normalized spacial score (nSPS) is 55.4. The van der Waals surface area contributed by atoms with Crippen LogP contribution in [0.3, 0.4) is 0 Å². The van der Waals surface area contributed by atoms with Crippen LogP contribution in [-0.4, -0.2) is 20.1 Å². The van der Waals surface area contributed by atoms with E-state index >= 15 is 0 Å². The van der Waals surface area contributed by atoms with Crippen molar-refractivity contribution in [2.24, 2.45) is 5.92 Å². The van der Waals surface area contributed by atoms with Crippen LogP contribution in [0.4, 0.5) is 0 Å². The van der Waals surface area contributed by atoms with Gasteiger partial charge >= 0.3 is 0 Å². The van der Waals surface area contributed by atoms with E-state index in [2.05, 4.69) is 0 Å². The third kappa shape index (κ3) is 0.582. The predicted octanol–water partition coefficient (Wildman–Crippen LogP) is -1.95. The summed E-state index contributed by atoms with van der Waals surface area (Å²) in [5.74, 6) is -0.894. The van der Waals surface area contributed by atoms with Gasteiger partial charge in [0.25, 0.3) is 0 Å². The van der Waals surface area contributed by atoms with Gasteiger partial charge in [0.15, 0.2) is 0 Å². The third-order valence-electron chi connectivity index (χ3n) is 1.80. The van der Waals surface area contributed by atoms with Crippen molar-refractivity contribution >= 4 is 7.85 Å². The Labute approximate surface area is 49.9 Å². The van der Waals surface area contributed by atoms with Gasteiger partial charge in [-0.05, 0) is 0 Å². The van der Waals surface area contributed by atoms with E-state index in [-0.39, 0.29) is 5.92 Å². The van der Waals surface area contributed by atoms with Crippen LogP contribution in [-0.2, 0) is 0 Å². The Bertz CT molecular complexity index is 64.4. The van der Waals surface area contributed by atoms with Crippen molar-refractivity contribution in [1.82, 2.24) is 0 Å². The quantitative estimate of drug-likeness (QED) is 0.340. The molecular formula is C5H7BO2-2. The largest absolute Gasteiger partial charge is 0.852 e. The lowest BCUT2D eigenvalue weighted by Gasteiger charge is -2.59. The number of hydrogen-bond donors (Lipinski definition) is 0. The van der Waals surface area contributed by atoms with Gasteiger partial charge in [-0.1, -0.05) is 12.8 Å². The summed E-state index contributed by atoms with van der Waals surface area (Å²) in [4.78, 5) is 0. The molecule has 0 aliphatic heterocycles. The monoisotopic (exact) mass is 110 g/mol. The summed E-state index contributed by atoms with van der Waals surface area (Å²) in [5, 5.41) is 21.1. The molecule has 1 rings (SSSR count). The molecule has 2 radical (unpaired) electrons. The van der Waals surface area contributed by atoms with E-state index in [0.29, 0.717) is 0 Å². The molecule has 44 valence electrons. The van der Waals surface area contributed by atoms with Gasteiger partial charge in [-0.15, -0.1) is 18.0 Å². The summed E-state index contributed by atoms with van der Waals surface area (Å²) in [6, 6.07) is 0. The summed E-state index contributed by atoms with van der Waals surface area (Å²) < 4.78 is 0. The Morgan fingerprint density at radius 2 is 1.62 bits per heavy atom. The first-order valence-electron chi connectivity index (χ1n) is 2.72. The minimum Gasteiger partial charge on any atom is -0.852 e. The van der Waals surface area contributed by atoms with Gasteiger partial charge in [0.2, 0.25) is 0 Å². The molecule has 0 spiro atoms. The standard InChI is InChI=1S/C5H7BO2/c1-2-4(7)3(6)5(2)8/h2-5H,1H3/q-2. The minimum atomic E-state index is -0.808. The maximum Gasteiger partial charge on any atom is 0.0670 e. The molecule has 0 aromatic carbocycles. The fourth-order valence-electron chi connectivity index (χ4n) is 0.929. The van der Waals surface area contributed by atoms with E-state index in [0.717, 1.165) is 0 Å². The zero-order chi connectivity index (χ0) is 6.31. The molecule has 2 atom stereocenters. The van der Waals surface area contributed by atoms with Gasteiger partial charge in [-0.3, -0.25) is 0 Å². The molecule has 0 bridgehead atoms. The molecule has 0 saturated heterocycles. The Hall–Kier alpha value is -0.0151. The molecule has 8 heavy (non-hydrogen) atoms. The predicted molar refractivity (Wildman–Crippen MR) is 26.2 cm³/mol. The molecule has 0 N–H and O–H groups in total. The molecule has 0 aromatic rings. The van der Waals surface area contributed by atoms with E-state index < -0.39 is 18.0 Å². The van der Waals surface area contributed by atoms with Gasteiger partial charge in [0.05, 0.1) is 7.85 Å². The molecule has 0 aromatic heterocycles. The summed E-state index contributed by atoms with van der Waals surface area (Å²) >= 11 is 0. The molecule has 1 saturated carbocycles. The van der Waals surface area contributed by atoms with Gasteiger partial charge in [0, 0.05) is 0 Å². The van der Waals surface area contributed by atoms with Crippen molar-refractivity contribution in [3.63, 3.8) is 0 Å². The van der Waals surface area contributed by atoms with Crippen molar-refractivity contribution < 1.29 is 10.2 Å². The molecule has 0 amide bonds. The molecule has 0 heterocycles. The van der Waals surface area contributed by atoms with Crippen LogP contribution in [0, 0.1) is 5.92 Å². The van der Waals surface area contributed by atoms with Gasteiger partial charge in [-0.2, -0.15) is 0 Å². The summed E-state index contributed by atoms with van der Waals surface area (Å²) in [6.45, 7) is 1.65. The van der Waals surface area contributed by atoms with E-state index in [1.807, 2.05) is 0 Å². The van der Waals surface area contributed by atoms with Gasteiger partial charge in [0.1, 0.15) is 0 Å². The van der Waals surface area contributed by atoms with E-state index in [1.165, 1.54) is 0 Å². The van der Waals surface area contributed by atoms with Crippen LogP contribution in [0.5, 0.6) is 0 Å². The highest BCUT2D eigenvalue weighted by Gasteiger charge is 2.28. The first-order valence-corrected chi connectivity index (χ1v) is 2.72. The van der Waals surface area contributed by atoms with E-state index in [4.69, 9.17) is 7.85 Å². The molecule has 1 fully saturated rings. The lowest BCUT2D eigenvalue weighted by Crippen LogP contribution is -2.62. The van der Waals surface area contributed by atoms with Gasteiger partial charge < -0.3 is 10.2 Å².